The predicted molar refractivity (Wildman–Crippen MR) is 84.3 cm³/mol. The van der Waals surface area contributed by atoms with Crippen LogP contribution in [0.15, 0.2) is 36.0 Å². The van der Waals surface area contributed by atoms with E-state index in [-0.39, 0.29) is 24.8 Å². The van der Waals surface area contributed by atoms with Crippen LogP contribution < -0.4 is 0 Å². The SMILES string of the molecule is CCOC(=O)C(C=CC=CC=C(COC)C(=O)CC)C(C)=O. The fraction of sp³-hybridized carbons (Fsp3) is 0.471. The number of allylic oxidation sites excluding steroid dienone is 4. The molecule has 0 rings (SSSR count). The molecule has 0 saturated carbocycles. The molecule has 0 N–H and O–H groups in total. The number of rotatable bonds is 10. The summed E-state index contributed by atoms with van der Waals surface area (Å²) in [7, 11) is 1.52. The molecule has 0 heterocycles. The number of carbonyl (C=O) groups is 3. The van der Waals surface area contributed by atoms with E-state index in [4.69, 9.17) is 9.47 Å². The zero-order valence-corrected chi connectivity index (χ0v) is 13.6. The molecule has 0 aliphatic heterocycles. The van der Waals surface area contributed by atoms with Crippen molar-refractivity contribution in [3.8, 4) is 0 Å². The molecule has 0 aromatic heterocycles. The lowest BCUT2D eigenvalue weighted by molar-refractivity contribution is -0.149. The van der Waals surface area contributed by atoms with Crippen molar-refractivity contribution in [2.75, 3.05) is 20.3 Å². The number of Topliss-reactive ketones (excluding diaryl/α,β-unsaturated/α-hetero) is 2. The fourth-order valence-corrected chi connectivity index (χ4v) is 1.63. The lowest BCUT2D eigenvalue weighted by atomic mass is 10.1. The number of hydrogen-bond donors (Lipinski definition) is 0. The van der Waals surface area contributed by atoms with Gasteiger partial charge in [0.2, 0.25) is 0 Å². The van der Waals surface area contributed by atoms with Gasteiger partial charge in [0.05, 0.1) is 13.2 Å². The Hall–Kier alpha value is -2.01. The zero-order valence-electron chi connectivity index (χ0n) is 13.6. The van der Waals surface area contributed by atoms with Gasteiger partial charge in [-0.2, -0.15) is 0 Å². The highest BCUT2D eigenvalue weighted by atomic mass is 16.5. The third-order valence-electron chi connectivity index (χ3n) is 2.78. The largest absolute Gasteiger partial charge is 0.465 e. The highest BCUT2D eigenvalue weighted by Gasteiger charge is 2.20. The van der Waals surface area contributed by atoms with E-state index in [2.05, 4.69) is 0 Å². The van der Waals surface area contributed by atoms with E-state index in [0.29, 0.717) is 12.0 Å². The molecule has 122 valence electrons. The maximum atomic E-state index is 11.6. The standard InChI is InChI=1S/C17H24O5/c1-5-16(19)14(12-21-4)10-8-7-9-11-15(13(3)18)17(20)22-6-2/h7-11,15H,5-6,12H2,1-4H3. The van der Waals surface area contributed by atoms with Crippen LogP contribution in [0.25, 0.3) is 0 Å². The van der Waals surface area contributed by atoms with Gasteiger partial charge in [-0.05, 0) is 13.8 Å². The Labute approximate surface area is 131 Å². The first kappa shape index (κ1) is 20.0. The number of ketones is 2. The van der Waals surface area contributed by atoms with Gasteiger partial charge in [0.1, 0.15) is 11.7 Å². The summed E-state index contributed by atoms with van der Waals surface area (Å²) >= 11 is 0. The van der Waals surface area contributed by atoms with Crippen molar-refractivity contribution >= 4 is 17.5 Å². The molecule has 0 aliphatic rings. The molecule has 22 heavy (non-hydrogen) atoms. The van der Waals surface area contributed by atoms with Gasteiger partial charge < -0.3 is 9.47 Å². The Morgan fingerprint density at radius 1 is 1.09 bits per heavy atom. The molecular weight excluding hydrogens is 284 g/mol. The Morgan fingerprint density at radius 2 is 1.77 bits per heavy atom. The van der Waals surface area contributed by atoms with Crippen LogP contribution in [0.2, 0.25) is 0 Å². The Morgan fingerprint density at radius 3 is 2.27 bits per heavy atom. The number of carbonyl (C=O) groups excluding carboxylic acids is 3. The smallest absolute Gasteiger partial charge is 0.320 e. The van der Waals surface area contributed by atoms with Gasteiger partial charge in [0.15, 0.2) is 5.78 Å². The molecule has 0 aromatic rings. The molecule has 0 saturated heterocycles. The molecule has 0 spiro atoms. The predicted octanol–water partition coefficient (Wildman–Crippen LogP) is 2.42. The second kappa shape index (κ2) is 11.6. The van der Waals surface area contributed by atoms with Gasteiger partial charge in [-0.3, -0.25) is 14.4 Å². The average molecular weight is 308 g/mol. The molecule has 1 unspecified atom stereocenters. The second-order valence-electron chi connectivity index (χ2n) is 4.51. The molecule has 1 atom stereocenters. The van der Waals surface area contributed by atoms with E-state index in [0.717, 1.165) is 0 Å². The molecule has 0 radical (unpaired) electrons. The Balaban J connectivity index is 4.82. The number of methoxy groups -OCH3 is 1. The summed E-state index contributed by atoms with van der Waals surface area (Å²) in [5, 5.41) is 0. The first-order valence-corrected chi connectivity index (χ1v) is 7.21. The second-order valence-corrected chi connectivity index (χ2v) is 4.51. The number of ether oxygens (including phenoxy) is 2. The minimum absolute atomic E-state index is 0.0172. The monoisotopic (exact) mass is 308 g/mol. The van der Waals surface area contributed by atoms with Gasteiger partial charge >= 0.3 is 5.97 Å². The van der Waals surface area contributed by atoms with Gasteiger partial charge in [-0.1, -0.05) is 37.3 Å². The van der Waals surface area contributed by atoms with Crippen molar-refractivity contribution in [3.05, 3.63) is 36.0 Å². The summed E-state index contributed by atoms with van der Waals surface area (Å²) < 4.78 is 9.80. The van der Waals surface area contributed by atoms with Crippen LogP contribution >= 0.6 is 0 Å². The minimum atomic E-state index is -0.899. The first-order chi connectivity index (χ1) is 10.5. The van der Waals surface area contributed by atoms with Crippen molar-refractivity contribution in [1.29, 1.82) is 0 Å². The third-order valence-corrected chi connectivity index (χ3v) is 2.78. The van der Waals surface area contributed by atoms with E-state index in [1.54, 1.807) is 38.2 Å². The topological polar surface area (TPSA) is 69.7 Å². The molecule has 5 nitrogen and oxygen atoms in total. The van der Waals surface area contributed by atoms with Crippen LogP contribution in [0.3, 0.4) is 0 Å². The summed E-state index contributed by atoms with van der Waals surface area (Å²) in [5.41, 5.74) is 0.572. The van der Waals surface area contributed by atoms with Gasteiger partial charge in [-0.25, -0.2) is 0 Å². The minimum Gasteiger partial charge on any atom is -0.465 e. The maximum absolute atomic E-state index is 11.6. The van der Waals surface area contributed by atoms with E-state index in [9.17, 15) is 14.4 Å². The zero-order chi connectivity index (χ0) is 17.0. The van der Waals surface area contributed by atoms with Crippen molar-refractivity contribution in [1.82, 2.24) is 0 Å². The fourth-order valence-electron chi connectivity index (χ4n) is 1.63. The van der Waals surface area contributed by atoms with E-state index in [1.807, 2.05) is 0 Å². The van der Waals surface area contributed by atoms with Crippen LogP contribution in [0.1, 0.15) is 27.2 Å². The van der Waals surface area contributed by atoms with Crippen LogP contribution in [-0.4, -0.2) is 37.9 Å². The number of hydrogen-bond acceptors (Lipinski definition) is 5. The van der Waals surface area contributed by atoms with Crippen LogP contribution in [0.4, 0.5) is 0 Å². The van der Waals surface area contributed by atoms with Crippen LogP contribution in [0, 0.1) is 5.92 Å². The van der Waals surface area contributed by atoms with Crippen LogP contribution in [-0.2, 0) is 23.9 Å². The highest BCUT2D eigenvalue weighted by Crippen LogP contribution is 2.05. The lowest BCUT2D eigenvalue weighted by Crippen LogP contribution is -2.22. The van der Waals surface area contributed by atoms with E-state index in [1.165, 1.54) is 20.1 Å². The summed E-state index contributed by atoms with van der Waals surface area (Å²) in [5.74, 6) is -1.72. The summed E-state index contributed by atoms with van der Waals surface area (Å²) in [6.07, 6.45) is 8.44. The molecular formula is C17H24O5. The molecule has 5 heteroatoms. The lowest BCUT2D eigenvalue weighted by Gasteiger charge is -2.07. The Kier molecular flexibility index (Phi) is 10.6. The van der Waals surface area contributed by atoms with Crippen molar-refractivity contribution in [2.24, 2.45) is 5.92 Å². The number of esters is 1. The van der Waals surface area contributed by atoms with Crippen molar-refractivity contribution in [2.45, 2.75) is 27.2 Å². The van der Waals surface area contributed by atoms with Gasteiger partial charge in [0, 0.05) is 19.1 Å². The summed E-state index contributed by atoms with van der Waals surface area (Å²) in [6, 6.07) is 0. The van der Waals surface area contributed by atoms with Gasteiger partial charge in [-0.15, -0.1) is 0 Å². The molecule has 0 fully saturated rings. The average Bonchev–Trinajstić information content (AvgIpc) is 2.48. The molecule has 0 aromatic carbocycles. The summed E-state index contributed by atoms with van der Waals surface area (Å²) in [6.45, 7) is 5.29. The van der Waals surface area contributed by atoms with E-state index < -0.39 is 11.9 Å². The normalized spacial score (nSPS) is 13.5. The molecule has 0 bridgehead atoms. The quantitative estimate of drug-likeness (QED) is 0.268. The summed E-state index contributed by atoms with van der Waals surface area (Å²) in [4.78, 5) is 34.6. The molecule has 0 amide bonds. The highest BCUT2D eigenvalue weighted by molar-refractivity contribution is 5.99. The first-order valence-electron chi connectivity index (χ1n) is 7.21. The maximum Gasteiger partial charge on any atom is 0.320 e. The van der Waals surface area contributed by atoms with Gasteiger partial charge in [0.25, 0.3) is 0 Å². The van der Waals surface area contributed by atoms with Crippen molar-refractivity contribution < 1.29 is 23.9 Å². The molecule has 0 aliphatic carbocycles. The Bertz CT molecular complexity index is 471. The van der Waals surface area contributed by atoms with Crippen molar-refractivity contribution in [3.63, 3.8) is 0 Å². The van der Waals surface area contributed by atoms with E-state index >= 15 is 0 Å². The third kappa shape index (κ3) is 7.69. The van der Waals surface area contributed by atoms with Crippen LogP contribution in [0.5, 0.6) is 0 Å².